The molecule has 4 nitrogen and oxygen atoms in total. The topological polar surface area (TPSA) is 39.1 Å². The van der Waals surface area contributed by atoms with Crippen LogP contribution in [0, 0.1) is 5.92 Å². The highest BCUT2D eigenvalue weighted by atomic mass is 16.5. The summed E-state index contributed by atoms with van der Waals surface area (Å²) in [6, 6.07) is 0.386. The fourth-order valence-electron chi connectivity index (χ4n) is 2.87. The quantitative estimate of drug-likeness (QED) is 0.889. The van der Waals surface area contributed by atoms with E-state index in [0.29, 0.717) is 17.9 Å². The Kier molecular flexibility index (Phi) is 4.63. The normalized spacial score (nSPS) is 17.0. The number of aromatic nitrogens is 2. The maximum Gasteiger partial charge on any atom is 0.112 e. The molecule has 1 unspecified atom stereocenters. The van der Waals surface area contributed by atoms with Crippen LogP contribution in [0.5, 0.6) is 0 Å². The van der Waals surface area contributed by atoms with E-state index in [4.69, 9.17) is 9.72 Å². The van der Waals surface area contributed by atoms with E-state index in [-0.39, 0.29) is 0 Å². The van der Waals surface area contributed by atoms with Gasteiger partial charge in [0.05, 0.1) is 18.3 Å². The summed E-state index contributed by atoms with van der Waals surface area (Å²) >= 11 is 0. The first-order chi connectivity index (χ1) is 9.06. The molecule has 2 rings (SSSR count). The van der Waals surface area contributed by atoms with Gasteiger partial charge >= 0.3 is 0 Å². The van der Waals surface area contributed by atoms with Gasteiger partial charge < -0.3 is 14.6 Å². The molecule has 0 amide bonds. The average molecular weight is 265 g/mol. The van der Waals surface area contributed by atoms with Crippen molar-refractivity contribution < 1.29 is 4.74 Å². The van der Waals surface area contributed by atoms with Crippen molar-refractivity contribution >= 4 is 0 Å². The van der Waals surface area contributed by atoms with Crippen LogP contribution in [0.3, 0.4) is 0 Å². The molecular formula is C15H27N3O. The van der Waals surface area contributed by atoms with Crippen LogP contribution >= 0.6 is 0 Å². The van der Waals surface area contributed by atoms with E-state index in [2.05, 4.69) is 37.6 Å². The molecule has 1 N–H and O–H groups in total. The lowest BCUT2D eigenvalue weighted by Gasteiger charge is -2.28. The standard InChI is InChI=1S/C15H27N3O/c1-10(2)14(9-19-5)18-13-6-7-16-8-12(13)17-15(18)11(3)4/h10-11,14,16H,6-9H2,1-5H3. The van der Waals surface area contributed by atoms with Gasteiger partial charge in [0.2, 0.25) is 0 Å². The Labute approximate surface area is 116 Å². The molecule has 0 spiro atoms. The molecule has 0 fully saturated rings. The molecular weight excluding hydrogens is 238 g/mol. The van der Waals surface area contributed by atoms with Crippen molar-refractivity contribution in [2.45, 2.75) is 52.6 Å². The molecule has 0 saturated carbocycles. The molecule has 4 heteroatoms. The van der Waals surface area contributed by atoms with Crippen LogP contribution in [-0.2, 0) is 17.7 Å². The lowest BCUT2D eigenvalue weighted by atomic mass is 10.0. The monoisotopic (exact) mass is 265 g/mol. The minimum atomic E-state index is 0.386. The minimum absolute atomic E-state index is 0.386. The second-order valence-electron chi connectivity index (χ2n) is 6.08. The van der Waals surface area contributed by atoms with Gasteiger partial charge in [0.15, 0.2) is 0 Å². The third-order valence-electron chi connectivity index (χ3n) is 3.91. The Hall–Kier alpha value is -0.870. The molecule has 1 aliphatic heterocycles. The summed E-state index contributed by atoms with van der Waals surface area (Å²) in [7, 11) is 1.79. The lowest BCUT2D eigenvalue weighted by Crippen LogP contribution is -2.29. The Bertz CT molecular complexity index is 423. The number of imidazole rings is 1. The molecule has 0 aromatic carbocycles. The van der Waals surface area contributed by atoms with E-state index >= 15 is 0 Å². The zero-order chi connectivity index (χ0) is 14.0. The molecule has 19 heavy (non-hydrogen) atoms. The first-order valence-electron chi connectivity index (χ1n) is 7.35. The number of ether oxygens (including phenoxy) is 1. The SMILES string of the molecule is COCC(C(C)C)n1c(C(C)C)nc2c1CCNC2. The molecule has 1 aliphatic rings. The first-order valence-corrected chi connectivity index (χ1v) is 7.35. The predicted octanol–water partition coefficient (Wildman–Crippen LogP) is 2.50. The van der Waals surface area contributed by atoms with Gasteiger partial charge in [0.25, 0.3) is 0 Å². The Morgan fingerprint density at radius 3 is 2.63 bits per heavy atom. The summed E-state index contributed by atoms with van der Waals surface area (Å²) in [6.45, 7) is 11.7. The second kappa shape index (κ2) is 6.06. The van der Waals surface area contributed by atoms with Crippen LogP contribution in [0.25, 0.3) is 0 Å². The molecule has 0 aliphatic carbocycles. The van der Waals surface area contributed by atoms with Crippen molar-refractivity contribution in [3.8, 4) is 0 Å². The number of fused-ring (bicyclic) bond motifs is 1. The molecule has 0 bridgehead atoms. The molecule has 108 valence electrons. The average Bonchev–Trinajstić information content (AvgIpc) is 2.75. The highest BCUT2D eigenvalue weighted by Gasteiger charge is 2.27. The fourth-order valence-corrected chi connectivity index (χ4v) is 2.87. The minimum Gasteiger partial charge on any atom is -0.383 e. The van der Waals surface area contributed by atoms with Gasteiger partial charge in [-0.2, -0.15) is 0 Å². The van der Waals surface area contributed by atoms with E-state index < -0.39 is 0 Å². The van der Waals surface area contributed by atoms with Crippen molar-refractivity contribution in [1.82, 2.24) is 14.9 Å². The van der Waals surface area contributed by atoms with Crippen LogP contribution in [0.1, 0.15) is 56.9 Å². The number of rotatable bonds is 5. The summed E-state index contributed by atoms with van der Waals surface area (Å²) in [6.07, 6.45) is 1.07. The number of hydrogen-bond donors (Lipinski definition) is 1. The first kappa shape index (κ1) is 14.5. The van der Waals surface area contributed by atoms with Gasteiger partial charge in [0.1, 0.15) is 5.82 Å². The molecule has 1 atom stereocenters. The Morgan fingerprint density at radius 2 is 2.05 bits per heavy atom. The largest absolute Gasteiger partial charge is 0.383 e. The van der Waals surface area contributed by atoms with Crippen molar-refractivity contribution in [3.05, 3.63) is 17.2 Å². The molecule has 0 radical (unpaired) electrons. The van der Waals surface area contributed by atoms with Crippen LogP contribution < -0.4 is 5.32 Å². The van der Waals surface area contributed by atoms with Crippen LogP contribution in [0.2, 0.25) is 0 Å². The van der Waals surface area contributed by atoms with Crippen molar-refractivity contribution in [3.63, 3.8) is 0 Å². The van der Waals surface area contributed by atoms with Crippen LogP contribution in [0.4, 0.5) is 0 Å². The van der Waals surface area contributed by atoms with Gasteiger partial charge in [-0.25, -0.2) is 4.98 Å². The smallest absolute Gasteiger partial charge is 0.112 e. The van der Waals surface area contributed by atoms with Gasteiger partial charge in [-0.3, -0.25) is 0 Å². The second-order valence-corrected chi connectivity index (χ2v) is 6.08. The summed E-state index contributed by atoms with van der Waals surface area (Å²) in [5.41, 5.74) is 2.65. The summed E-state index contributed by atoms with van der Waals surface area (Å²) in [5, 5.41) is 3.41. The van der Waals surface area contributed by atoms with Gasteiger partial charge in [-0.1, -0.05) is 27.7 Å². The summed E-state index contributed by atoms with van der Waals surface area (Å²) < 4.78 is 7.92. The summed E-state index contributed by atoms with van der Waals surface area (Å²) in [4.78, 5) is 4.88. The maximum atomic E-state index is 5.45. The maximum absolute atomic E-state index is 5.45. The zero-order valence-corrected chi connectivity index (χ0v) is 12.9. The Morgan fingerprint density at radius 1 is 1.32 bits per heavy atom. The summed E-state index contributed by atoms with van der Waals surface area (Å²) in [5.74, 6) is 2.21. The number of nitrogens with one attached hydrogen (secondary N) is 1. The number of nitrogens with zero attached hydrogens (tertiary/aromatic N) is 2. The highest BCUT2D eigenvalue weighted by molar-refractivity contribution is 5.23. The zero-order valence-electron chi connectivity index (χ0n) is 12.9. The van der Waals surface area contributed by atoms with E-state index in [1.807, 2.05) is 0 Å². The highest BCUT2D eigenvalue weighted by Crippen LogP contribution is 2.29. The van der Waals surface area contributed by atoms with E-state index in [9.17, 15) is 0 Å². The van der Waals surface area contributed by atoms with Crippen LogP contribution in [-0.4, -0.2) is 29.8 Å². The molecule has 1 aromatic rings. The number of hydrogen-bond acceptors (Lipinski definition) is 3. The molecule has 0 saturated heterocycles. The number of methoxy groups -OCH3 is 1. The van der Waals surface area contributed by atoms with E-state index in [1.165, 1.54) is 17.2 Å². The van der Waals surface area contributed by atoms with Gasteiger partial charge in [-0.15, -0.1) is 0 Å². The predicted molar refractivity (Wildman–Crippen MR) is 77.5 cm³/mol. The fraction of sp³-hybridized carbons (Fsp3) is 0.800. The van der Waals surface area contributed by atoms with Crippen molar-refractivity contribution in [2.24, 2.45) is 5.92 Å². The molecule has 1 aromatic heterocycles. The lowest BCUT2D eigenvalue weighted by molar-refractivity contribution is 0.129. The Balaban J connectivity index is 2.48. The third-order valence-corrected chi connectivity index (χ3v) is 3.91. The van der Waals surface area contributed by atoms with Gasteiger partial charge in [0, 0.05) is 38.2 Å². The van der Waals surface area contributed by atoms with Crippen molar-refractivity contribution in [1.29, 1.82) is 0 Å². The van der Waals surface area contributed by atoms with E-state index in [1.54, 1.807) is 7.11 Å². The third kappa shape index (κ3) is 2.84. The van der Waals surface area contributed by atoms with Crippen LogP contribution in [0.15, 0.2) is 0 Å². The molecule has 2 heterocycles. The van der Waals surface area contributed by atoms with Crippen molar-refractivity contribution in [2.75, 3.05) is 20.3 Å². The van der Waals surface area contributed by atoms with Gasteiger partial charge in [-0.05, 0) is 5.92 Å². The van der Waals surface area contributed by atoms with E-state index in [0.717, 1.165) is 26.1 Å².